The van der Waals surface area contributed by atoms with Crippen molar-refractivity contribution in [3.63, 3.8) is 0 Å². The molecule has 2 aromatic carbocycles. The molecule has 0 bridgehead atoms. The molecule has 3 rings (SSSR count). The standard InChI is InChI=1S/C29H34BrN3O6/c1-18(2)26(32-27(37)19(3)21-12-8-5-9-13-21)23-16-29(39-33-23,15-20-10-6-4-7-11-20)28(38)31-22(14-25(35)36)24(34)17-30/h4-13,18-19,22,26H,14-17H2,1-3H3,(H,31,38)(H,32,37)(H,35,36)/t19?,22-,26-,29?/m0/s1. The Kier molecular flexibility index (Phi) is 10.4. The van der Waals surface area contributed by atoms with E-state index in [-0.39, 0.29) is 30.0 Å². The number of hydrogen-bond donors (Lipinski definition) is 3. The average molecular weight is 601 g/mol. The molecule has 0 radical (unpaired) electrons. The van der Waals surface area contributed by atoms with E-state index in [4.69, 9.17) is 4.84 Å². The van der Waals surface area contributed by atoms with E-state index in [9.17, 15) is 24.3 Å². The highest BCUT2D eigenvalue weighted by Gasteiger charge is 2.49. The topological polar surface area (TPSA) is 134 Å². The highest BCUT2D eigenvalue weighted by atomic mass is 79.9. The van der Waals surface area contributed by atoms with Gasteiger partial charge in [0, 0.05) is 12.8 Å². The highest BCUT2D eigenvalue weighted by Crippen LogP contribution is 2.32. The second-order valence-corrected chi connectivity index (χ2v) is 10.7. The smallest absolute Gasteiger partial charge is 0.305 e. The third-order valence-corrected chi connectivity index (χ3v) is 7.32. The Labute approximate surface area is 236 Å². The number of alkyl halides is 1. The lowest BCUT2D eigenvalue weighted by atomic mass is 9.84. The first-order valence-corrected chi connectivity index (χ1v) is 13.9. The fraction of sp³-hybridized carbons (Fsp3) is 0.414. The van der Waals surface area contributed by atoms with Gasteiger partial charge in [0.15, 0.2) is 5.78 Å². The first-order chi connectivity index (χ1) is 18.6. The van der Waals surface area contributed by atoms with Crippen LogP contribution in [0.25, 0.3) is 0 Å². The maximum absolute atomic E-state index is 13.7. The van der Waals surface area contributed by atoms with Gasteiger partial charge in [-0.1, -0.05) is 95.6 Å². The highest BCUT2D eigenvalue weighted by molar-refractivity contribution is 9.09. The Bertz CT molecular complexity index is 1200. The molecular weight excluding hydrogens is 566 g/mol. The lowest BCUT2D eigenvalue weighted by Crippen LogP contribution is -2.55. The molecule has 0 saturated heterocycles. The lowest BCUT2D eigenvalue weighted by molar-refractivity contribution is -0.147. The molecule has 1 aliphatic rings. The zero-order valence-electron chi connectivity index (χ0n) is 22.2. The molecule has 0 aliphatic carbocycles. The summed E-state index contributed by atoms with van der Waals surface area (Å²) in [5.41, 5.74) is 0.642. The number of carboxylic acids is 1. The van der Waals surface area contributed by atoms with Crippen LogP contribution in [0.4, 0.5) is 0 Å². The number of carboxylic acid groups (broad SMARTS) is 1. The summed E-state index contributed by atoms with van der Waals surface area (Å²) >= 11 is 3.05. The van der Waals surface area contributed by atoms with Crippen molar-refractivity contribution in [3.8, 4) is 0 Å². The van der Waals surface area contributed by atoms with Gasteiger partial charge in [0.1, 0.15) is 0 Å². The summed E-state index contributed by atoms with van der Waals surface area (Å²) in [5.74, 6) is -2.98. The van der Waals surface area contributed by atoms with E-state index >= 15 is 0 Å². The minimum atomic E-state index is -1.52. The first-order valence-electron chi connectivity index (χ1n) is 12.8. The summed E-state index contributed by atoms with van der Waals surface area (Å²) in [6.45, 7) is 5.70. The van der Waals surface area contributed by atoms with E-state index in [0.29, 0.717) is 5.71 Å². The monoisotopic (exact) mass is 599 g/mol. The van der Waals surface area contributed by atoms with Crippen LogP contribution < -0.4 is 10.6 Å². The first kappa shape index (κ1) is 30.0. The number of benzene rings is 2. The molecule has 3 N–H and O–H groups in total. The maximum Gasteiger partial charge on any atom is 0.305 e. The van der Waals surface area contributed by atoms with Crippen LogP contribution in [0.15, 0.2) is 65.8 Å². The Hall–Kier alpha value is -3.53. The van der Waals surface area contributed by atoms with Crippen LogP contribution >= 0.6 is 15.9 Å². The van der Waals surface area contributed by atoms with Gasteiger partial charge >= 0.3 is 5.97 Å². The fourth-order valence-corrected chi connectivity index (χ4v) is 4.89. The quantitative estimate of drug-likeness (QED) is 0.301. The minimum Gasteiger partial charge on any atom is -0.481 e. The summed E-state index contributed by atoms with van der Waals surface area (Å²) in [5, 5.41) is 19.1. The van der Waals surface area contributed by atoms with Crippen molar-refractivity contribution in [2.45, 2.75) is 63.6 Å². The van der Waals surface area contributed by atoms with Crippen molar-refractivity contribution in [1.82, 2.24) is 10.6 Å². The number of ketones is 1. The van der Waals surface area contributed by atoms with Crippen molar-refractivity contribution in [3.05, 3.63) is 71.8 Å². The summed E-state index contributed by atoms with van der Waals surface area (Å²) in [6.07, 6.45) is -0.375. The number of hydrogen-bond acceptors (Lipinski definition) is 6. The van der Waals surface area contributed by atoms with Crippen LogP contribution in [0, 0.1) is 5.92 Å². The second kappa shape index (κ2) is 13.5. The number of Topliss-reactive ketones (excluding diaryl/α,β-unsaturated/α-hetero) is 1. The molecule has 10 heteroatoms. The molecule has 0 fully saturated rings. The number of carbonyl (C=O) groups excluding carboxylic acids is 3. The number of nitrogens with zero attached hydrogens (tertiary/aromatic N) is 1. The number of nitrogens with one attached hydrogen (secondary N) is 2. The van der Waals surface area contributed by atoms with E-state index in [1.54, 1.807) is 0 Å². The van der Waals surface area contributed by atoms with Crippen LogP contribution in [0.3, 0.4) is 0 Å². The van der Waals surface area contributed by atoms with Gasteiger partial charge in [0.25, 0.3) is 5.91 Å². The van der Waals surface area contributed by atoms with Crippen molar-refractivity contribution >= 4 is 45.2 Å². The molecule has 0 aromatic heterocycles. The van der Waals surface area contributed by atoms with Crippen molar-refractivity contribution in [2.75, 3.05) is 5.33 Å². The third kappa shape index (κ3) is 7.75. The summed E-state index contributed by atoms with van der Waals surface area (Å²) in [4.78, 5) is 56.5. The van der Waals surface area contributed by atoms with Crippen LogP contribution in [0.1, 0.15) is 50.7 Å². The largest absolute Gasteiger partial charge is 0.481 e. The van der Waals surface area contributed by atoms with Crippen LogP contribution in [-0.4, -0.2) is 57.4 Å². The van der Waals surface area contributed by atoms with Gasteiger partial charge in [0.05, 0.1) is 35.5 Å². The molecule has 9 nitrogen and oxygen atoms in total. The summed E-state index contributed by atoms with van der Waals surface area (Å²) in [7, 11) is 0. The van der Waals surface area contributed by atoms with Gasteiger partial charge in [-0.15, -0.1) is 0 Å². The second-order valence-electron chi connectivity index (χ2n) is 10.1. The van der Waals surface area contributed by atoms with Crippen LogP contribution in [-0.2, 0) is 30.4 Å². The van der Waals surface area contributed by atoms with Gasteiger partial charge in [-0.3, -0.25) is 19.2 Å². The van der Waals surface area contributed by atoms with Gasteiger partial charge in [-0.2, -0.15) is 0 Å². The van der Waals surface area contributed by atoms with E-state index in [2.05, 4.69) is 31.7 Å². The molecule has 1 heterocycles. The Morgan fingerprint density at radius 2 is 1.62 bits per heavy atom. The molecule has 2 unspecified atom stereocenters. The molecule has 0 saturated carbocycles. The van der Waals surface area contributed by atoms with Crippen molar-refractivity contribution in [2.24, 2.45) is 11.1 Å². The SMILES string of the molecule is CC(C(=O)N[C@H](C1=NOC(Cc2ccccc2)(C(=O)N[C@@H](CC(=O)O)C(=O)CBr)C1)C(C)C)c1ccccc1. The van der Waals surface area contributed by atoms with Crippen molar-refractivity contribution in [1.29, 1.82) is 0 Å². The molecule has 39 heavy (non-hydrogen) atoms. The van der Waals surface area contributed by atoms with E-state index in [0.717, 1.165) is 11.1 Å². The minimum absolute atomic E-state index is 0.0544. The Balaban J connectivity index is 1.86. The lowest BCUT2D eigenvalue weighted by Gasteiger charge is -2.29. The zero-order chi connectivity index (χ0) is 28.6. The number of oxime groups is 1. The third-order valence-electron chi connectivity index (χ3n) is 6.77. The molecular formula is C29H34BrN3O6. The van der Waals surface area contributed by atoms with E-state index < -0.39 is 47.7 Å². The number of aliphatic carboxylic acids is 1. The molecule has 4 atom stereocenters. The number of rotatable bonds is 13. The van der Waals surface area contributed by atoms with Gasteiger partial charge in [-0.05, 0) is 24.0 Å². The van der Waals surface area contributed by atoms with Crippen molar-refractivity contribution < 1.29 is 29.1 Å². The molecule has 0 spiro atoms. The number of carbonyl (C=O) groups is 4. The van der Waals surface area contributed by atoms with E-state index in [1.165, 1.54) is 0 Å². The number of halogens is 1. The molecule has 1 aliphatic heterocycles. The van der Waals surface area contributed by atoms with Crippen LogP contribution in [0.5, 0.6) is 0 Å². The Morgan fingerprint density at radius 1 is 1.00 bits per heavy atom. The number of amides is 2. The van der Waals surface area contributed by atoms with Crippen LogP contribution in [0.2, 0.25) is 0 Å². The predicted octanol–water partition coefficient (Wildman–Crippen LogP) is 3.61. The van der Waals surface area contributed by atoms with E-state index in [1.807, 2.05) is 81.4 Å². The molecule has 2 aromatic rings. The summed E-state index contributed by atoms with van der Waals surface area (Å²) < 4.78 is 0. The van der Waals surface area contributed by atoms with Gasteiger partial charge < -0.3 is 20.6 Å². The predicted molar refractivity (Wildman–Crippen MR) is 151 cm³/mol. The fourth-order valence-electron chi connectivity index (χ4n) is 4.50. The zero-order valence-corrected chi connectivity index (χ0v) is 23.8. The summed E-state index contributed by atoms with van der Waals surface area (Å²) in [6, 6.07) is 16.9. The van der Waals surface area contributed by atoms with Gasteiger partial charge in [0.2, 0.25) is 11.5 Å². The molecule has 2 amide bonds. The molecule has 208 valence electrons. The maximum atomic E-state index is 13.7. The Morgan fingerprint density at radius 3 is 2.18 bits per heavy atom. The normalized spacial score (nSPS) is 18.8. The average Bonchev–Trinajstić information content (AvgIpc) is 3.35. The van der Waals surface area contributed by atoms with Gasteiger partial charge in [-0.25, -0.2) is 0 Å².